The molecule has 362 valence electrons. The Labute approximate surface area is 386 Å². The van der Waals surface area contributed by atoms with Crippen LogP contribution in [0.15, 0.2) is 48.6 Å². The lowest BCUT2D eigenvalue weighted by atomic mass is 10.1. The second-order valence-electron chi connectivity index (χ2n) is 18.1. The van der Waals surface area contributed by atoms with E-state index in [2.05, 4.69) is 69.4 Å². The number of rotatable bonds is 50. The maximum absolute atomic E-state index is 12.8. The van der Waals surface area contributed by atoms with Gasteiger partial charge in [-0.3, -0.25) is 9.59 Å². The van der Waals surface area contributed by atoms with Crippen LogP contribution in [0.5, 0.6) is 0 Å². The summed E-state index contributed by atoms with van der Waals surface area (Å²) >= 11 is 0. The zero-order chi connectivity index (χ0) is 44.9. The van der Waals surface area contributed by atoms with Gasteiger partial charge in [-0.1, -0.05) is 236 Å². The molecule has 0 aromatic heterocycles. The van der Waals surface area contributed by atoms with Gasteiger partial charge in [0.2, 0.25) is 0 Å². The molecule has 0 aliphatic rings. The van der Waals surface area contributed by atoms with Gasteiger partial charge in [0.15, 0.2) is 6.10 Å². The van der Waals surface area contributed by atoms with Crippen molar-refractivity contribution in [1.29, 1.82) is 0 Å². The first-order valence-electron chi connectivity index (χ1n) is 27.2. The molecule has 0 aromatic carbocycles. The number of allylic oxidation sites excluding steroid dienone is 8. The minimum atomic E-state index is -0.538. The van der Waals surface area contributed by atoms with Crippen LogP contribution in [0.2, 0.25) is 0 Å². The predicted molar refractivity (Wildman–Crippen MR) is 270 cm³/mol. The van der Waals surface area contributed by atoms with Gasteiger partial charge in [0.1, 0.15) is 6.61 Å². The molecule has 0 heterocycles. The van der Waals surface area contributed by atoms with Gasteiger partial charge in [-0.15, -0.1) is 0 Å². The molecule has 5 heteroatoms. The Morgan fingerprint density at radius 1 is 0.371 bits per heavy atom. The van der Waals surface area contributed by atoms with E-state index in [1.165, 1.54) is 173 Å². The third-order valence-electron chi connectivity index (χ3n) is 11.8. The van der Waals surface area contributed by atoms with Gasteiger partial charge in [-0.2, -0.15) is 0 Å². The molecule has 0 fully saturated rings. The van der Waals surface area contributed by atoms with E-state index in [0.29, 0.717) is 19.4 Å². The summed E-state index contributed by atoms with van der Waals surface area (Å²) in [5.74, 6) is -0.399. The quantitative estimate of drug-likeness (QED) is 0.0346. The lowest BCUT2D eigenvalue weighted by Crippen LogP contribution is -2.30. The van der Waals surface area contributed by atoms with Gasteiger partial charge in [0, 0.05) is 19.4 Å². The first kappa shape index (κ1) is 59.9. The normalized spacial score (nSPS) is 12.5. The predicted octanol–water partition coefficient (Wildman–Crippen LogP) is 18.3. The standard InChI is InChI=1S/C57H104O5/c1-4-7-10-13-16-19-22-24-26-28-29-31-32-34-36-38-41-44-47-50-56(58)61-54-55(53-60-52-49-46-43-40-21-18-15-12-9-6-3)62-57(59)51-48-45-42-39-37-35-33-30-27-25-23-20-17-14-11-8-5-2/h8,11,17,20,24-27,55H,4-7,9-10,12-16,18-19,21-23,28-54H2,1-3H3/b11-8-,20-17-,26-24-,27-25-. The van der Waals surface area contributed by atoms with Crippen molar-refractivity contribution < 1.29 is 23.8 Å². The van der Waals surface area contributed by atoms with Gasteiger partial charge in [0.05, 0.1) is 6.61 Å². The summed E-state index contributed by atoms with van der Waals surface area (Å²) in [6.45, 7) is 7.74. The number of esters is 2. The summed E-state index contributed by atoms with van der Waals surface area (Å²) < 4.78 is 17.4. The van der Waals surface area contributed by atoms with Crippen LogP contribution in [0.25, 0.3) is 0 Å². The minimum Gasteiger partial charge on any atom is -0.462 e. The molecule has 0 radical (unpaired) electrons. The number of hydrogen-bond donors (Lipinski definition) is 0. The molecule has 62 heavy (non-hydrogen) atoms. The van der Waals surface area contributed by atoms with Crippen LogP contribution in [0.3, 0.4) is 0 Å². The van der Waals surface area contributed by atoms with E-state index in [1.807, 2.05) is 0 Å². The van der Waals surface area contributed by atoms with E-state index in [4.69, 9.17) is 14.2 Å². The highest BCUT2D eigenvalue weighted by Crippen LogP contribution is 2.15. The zero-order valence-corrected chi connectivity index (χ0v) is 41.6. The Morgan fingerprint density at radius 2 is 0.726 bits per heavy atom. The van der Waals surface area contributed by atoms with Crippen LogP contribution >= 0.6 is 0 Å². The second-order valence-corrected chi connectivity index (χ2v) is 18.1. The van der Waals surface area contributed by atoms with Crippen molar-refractivity contribution in [2.75, 3.05) is 19.8 Å². The Hall–Kier alpha value is -2.14. The van der Waals surface area contributed by atoms with Crippen molar-refractivity contribution in [2.45, 2.75) is 284 Å². The van der Waals surface area contributed by atoms with Gasteiger partial charge < -0.3 is 14.2 Å². The molecule has 0 aliphatic heterocycles. The molecule has 0 bridgehead atoms. The Morgan fingerprint density at radius 3 is 1.18 bits per heavy atom. The van der Waals surface area contributed by atoms with E-state index in [1.54, 1.807) is 0 Å². The van der Waals surface area contributed by atoms with E-state index >= 15 is 0 Å². The molecule has 0 rings (SSSR count). The second kappa shape index (κ2) is 53.2. The molecule has 0 saturated carbocycles. The molecule has 5 nitrogen and oxygen atoms in total. The van der Waals surface area contributed by atoms with E-state index < -0.39 is 6.10 Å². The lowest BCUT2D eigenvalue weighted by molar-refractivity contribution is -0.163. The molecule has 0 saturated heterocycles. The zero-order valence-electron chi connectivity index (χ0n) is 41.6. The molecule has 1 atom stereocenters. The largest absolute Gasteiger partial charge is 0.462 e. The fourth-order valence-corrected chi connectivity index (χ4v) is 7.81. The molecule has 0 spiro atoms. The Balaban J connectivity index is 4.19. The molecular weight excluding hydrogens is 765 g/mol. The summed E-state index contributed by atoms with van der Waals surface area (Å²) in [7, 11) is 0. The molecule has 1 unspecified atom stereocenters. The number of ether oxygens (including phenoxy) is 3. The average molecular weight is 869 g/mol. The molecule has 0 amide bonds. The highest BCUT2D eigenvalue weighted by molar-refractivity contribution is 5.70. The van der Waals surface area contributed by atoms with Crippen molar-refractivity contribution in [2.24, 2.45) is 0 Å². The van der Waals surface area contributed by atoms with Gasteiger partial charge in [0.25, 0.3) is 0 Å². The van der Waals surface area contributed by atoms with Crippen LogP contribution in [0.4, 0.5) is 0 Å². The number of carbonyl (C=O) groups is 2. The first-order valence-corrected chi connectivity index (χ1v) is 27.2. The highest BCUT2D eigenvalue weighted by Gasteiger charge is 2.17. The Kier molecular flexibility index (Phi) is 51.4. The third kappa shape index (κ3) is 50.5. The topological polar surface area (TPSA) is 61.8 Å². The summed E-state index contributed by atoms with van der Waals surface area (Å²) in [5, 5.41) is 0. The minimum absolute atomic E-state index is 0.0834. The van der Waals surface area contributed by atoms with E-state index in [9.17, 15) is 9.59 Å². The van der Waals surface area contributed by atoms with Crippen LogP contribution < -0.4 is 0 Å². The SMILES string of the molecule is CC/C=C\C/C=C\C/C=C\CCCCCCCCCC(=O)OC(COCCCCCCCCCCCC)COC(=O)CCCCCCCCCCC/C=C\CCCCCCCC. The summed E-state index contributed by atoms with van der Waals surface area (Å²) in [4.78, 5) is 25.4. The molecule has 0 aromatic rings. The van der Waals surface area contributed by atoms with Crippen molar-refractivity contribution in [1.82, 2.24) is 0 Å². The highest BCUT2D eigenvalue weighted by atomic mass is 16.6. The summed E-state index contributed by atoms with van der Waals surface area (Å²) in [6.07, 6.45) is 65.5. The summed E-state index contributed by atoms with van der Waals surface area (Å²) in [5.41, 5.74) is 0. The Bertz CT molecular complexity index is 1030. The van der Waals surface area contributed by atoms with Crippen LogP contribution in [-0.2, 0) is 23.8 Å². The summed E-state index contributed by atoms with van der Waals surface area (Å²) in [6, 6.07) is 0. The van der Waals surface area contributed by atoms with Crippen molar-refractivity contribution >= 4 is 11.9 Å². The average Bonchev–Trinajstić information content (AvgIpc) is 3.27. The fraction of sp³-hybridized carbons (Fsp3) is 0.825. The number of unbranched alkanes of at least 4 members (excludes halogenated alkanes) is 31. The number of carbonyl (C=O) groups excluding carboxylic acids is 2. The van der Waals surface area contributed by atoms with Crippen molar-refractivity contribution in [3.63, 3.8) is 0 Å². The van der Waals surface area contributed by atoms with Crippen LogP contribution in [0.1, 0.15) is 278 Å². The van der Waals surface area contributed by atoms with Crippen molar-refractivity contribution in [3.05, 3.63) is 48.6 Å². The monoisotopic (exact) mass is 869 g/mol. The van der Waals surface area contributed by atoms with Crippen molar-refractivity contribution in [3.8, 4) is 0 Å². The van der Waals surface area contributed by atoms with E-state index in [-0.39, 0.29) is 25.2 Å². The van der Waals surface area contributed by atoms with Gasteiger partial charge >= 0.3 is 11.9 Å². The maximum Gasteiger partial charge on any atom is 0.306 e. The van der Waals surface area contributed by atoms with Gasteiger partial charge in [-0.05, 0) is 77.0 Å². The van der Waals surface area contributed by atoms with Gasteiger partial charge in [-0.25, -0.2) is 0 Å². The maximum atomic E-state index is 12.8. The fourth-order valence-electron chi connectivity index (χ4n) is 7.81. The van der Waals surface area contributed by atoms with Crippen LogP contribution in [-0.4, -0.2) is 37.9 Å². The lowest BCUT2D eigenvalue weighted by Gasteiger charge is -2.18. The molecule has 0 N–H and O–H groups in total. The number of hydrogen-bond acceptors (Lipinski definition) is 5. The van der Waals surface area contributed by atoms with E-state index in [0.717, 1.165) is 70.6 Å². The van der Waals surface area contributed by atoms with Crippen LogP contribution in [0, 0.1) is 0 Å². The first-order chi connectivity index (χ1) is 30.6. The molecular formula is C57H104O5. The smallest absolute Gasteiger partial charge is 0.306 e. The molecule has 0 aliphatic carbocycles. The third-order valence-corrected chi connectivity index (χ3v) is 11.8.